The Bertz CT molecular complexity index is 300. The van der Waals surface area contributed by atoms with Gasteiger partial charge in [0.05, 0.1) is 12.7 Å². The van der Waals surface area contributed by atoms with Crippen molar-refractivity contribution in [3.63, 3.8) is 0 Å². The molecule has 0 unspecified atom stereocenters. The number of hydrogen-bond acceptors (Lipinski definition) is 3. The van der Waals surface area contributed by atoms with E-state index < -0.39 is 0 Å². The van der Waals surface area contributed by atoms with Crippen LogP contribution in [0.3, 0.4) is 0 Å². The normalized spacial score (nSPS) is 12.4. The van der Waals surface area contributed by atoms with Gasteiger partial charge in [-0.2, -0.15) is 0 Å². The van der Waals surface area contributed by atoms with Crippen molar-refractivity contribution >= 4 is 0 Å². The van der Waals surface area contributed by atoms with Gasteiger partial charge in [-0.25, -0.2) is 0 Å². The Labute approximate surface area is 97.4 Å². The van der Waals surface area contributed by atoms with Crippen LogP contribution >= 0.6 is 0 Å². The highest BCUT2D eigenvalue weighted by molar-refractivity contribution is 5.28. The van der Waals surface area contributed by atoms with E-state index in [1.165, 1.54) is 5.56 Å². The van der Waals surface area contributed by atoms with Crippen LogP contribution in [-0.2, 0) is 6.54 Å². The molecule has 0 radical (unpaired) electrons. The summed E-state index contributed by atoms with van der Waals surface area (Å²) in [6, 6.07) is 8.04. The summed E-state index contributed by atoms with van der Waals surface area (Å²) < 4.78 is 5.55. The highest BCUT2D eigenvalue weighted by atomic mass is 16.5. The standard InChI is InChI=1S/C13H21NO2/c1-3-7-16-13-6-4-5-12(8-13)10-14-9-11(2)15/h4-6,8,11,14-15H,3,7,9-10H2,1-2H3/t11-/m1/s1. The Morgan fingerprint density at radius 1 is 1.44 bits per heavy atom. The quantitative estimate of drug-likeness (QED) is 0.742. The van der Waals surface area contributed by atoms with Gasteiger partial charge in [0.25, 0.3) is 0 Å². The highest BCUT2D eigenvalue weighted by Crippen LogP contribution is 2.13. The minimum Gasteiger partial charge on any atom is -0.494 e. The van der Waals surface area contributed by atoms with E-state index in [0.717, 1.165) is 25.3 Å². The van der Waals surface area contributed by atoms with Crippen LogP contribution < -0.4 is 10.1 Å². The topological polar surface area (TPSA) is 41.5 Å². The first-order chi connectivity index (χ1) is 7.72. The molecule has 0 saturated heterocycles. The summed E-state index contributed by atoms with van der Waals surface area (Å²) in [4.78, 5) is 0. The predicted octanol–water partition coefficient (Wildman–Crippen LogP) is 1.95. The molecule has 0 saturated carbocycles. The lowest BCUT2D eigenvalue weighted by atomic mass is 10.2. The molecule has 2 N–H and O–H groups in total. The fourth-order valence-corrected chi connectivity index (χ4v) is 1.39. The van der Waals surface area contributed by atoms with Gasteiger partial charge >= 0.3 is 0 Å². The predicted molar refractivity (Wildman–Crippen MR) is 65.6 cm³/mol. The molecule has 0 aliphatic carbocycles. The molecule has 3 nitrogen and oxygen atoms in total. The summed E-state index contributed by atoms with van der Waals surface area (Å²) in [5.74, 6) is 0.915. The van der Waals surface area contributed by atoms with Gasteiger partial charge in [0, 0.05) is 13.1 Å². The molecule has 90 valence electrons. The van der Waals surface area contributed by atoms with Crippen LogP contribution in [0.1, 0.15) is 25.8 Å². The maximum atomic E-state index is 9.11. The number of nitrogens with one attached hydrogen (secondary N) is 1. The SMILES string of the molecule is CCCOc1cccc(CNC[C@@H](C)O)c1. The molecule has 0 aliphatic heterocycles. The molecule has 0 amide bonds. The van der Waals surface area contributed by atoms with Gasteiger partial charge in [-0.1, -0.05) is 19.1 Å². The number of rotatable bonds is 7. The van der Waals surface area contributed by atoms with Crippen molar-refractivity contribution in [1.29, 1.82) is 0 Å². The minimum atomic E-state index is -0.306. The lowest BCUT2D eigenvalue weighted by molar-refractivity contribution is 0.191. The number of ether oxygens (including phenoxy) is 1. The van der Waals surface area contributed by atoms with Gasteiger partial charge in [0.2, 0.25) is 0 Å². The Morgan fingerprint density at radius 2 is 2.25 bits per heavy atom. The van der Waals surface area contributed by atoms with Gasteiger partial charge in [-0.15, -0.1) is 0 Å². The van der Waals surface area contributed by atoms with Crippen LogP contribution in [0.15, 0.2) is 24.3 Å². The monoisotopic (exact) mass is 223 g/mol. The summed E-state index contributed by atoms with van der Waals surface area (Å²) in [6.45, 7) is 5.99. The first kappa shape index (κ1) is 13.0. The van der Waals surface area contributed by atoms with E-state index in [1.807, 2.05) is 24.3 Å². The molecule has 1 rings (SSSR count). The van der Waals surface area contributed by atoms with Gasteiger partial charge < -0.3 is 15.2 Å². The van der Waals surface area contributed by atoms with Gasteiger partial charge in [-0.3, -0.25) is 0 Å². The fraction of sp³-hybridized carbons (Fsp3) is 0.538. The number of hydrogen-bond donors (Lipinski definition) is 2. The van der Waals surface area contributed by atoms with E-state index in [9.17, 15) is 0 Å². The van der Waals surface area contributed by atoms with Gasteiger partial charge in [0.1, 0.15) is 5.75 Å². The van der Waals surface area contributed by atoms with Crippen molar-refractivity contribution in [2.24, 2.45) is 0 Å². The van der Waals surface area contributed by atoms with E-state index in [1.54, 1.807) is 6.92 Å². The molecule has 0 heterocycles. The zero-order chi connectivity index (χ0) is 11.8. The van der Waals surface area contributed by atoms with Crippen molar-refractivity contribution in [1.82, 2.24) is 5.32 Å². The molecule has 1 aromatic rings. The van der Waals surface area contributed by atoms with E-state index >= 15 is 0 Å². The van der Waals surface area contributed by atoms with E-state index in [-0.39, 0.29) is 6.10 Å². The van der Waals surface area contributed by atoms with Crippen molar-refractivity contribution in [3.05, 3.63) is 29.8 Å². The van der Waals surface area contributed by atoms with Crippen molar-refractivity contribution in [2.45, 2.75) is 32.9 Å². The summed E-state index contributed by atoms with van der Waals surface area (Å²) in [5.41, 5.74) is 1.18. The average Bonchev–Trinajstić information content (AvgIpc) is 2.26. The van der Waals surface area contributed by atoms with Crippen molar-refractivity contribution < 1.29 is 9.84 Å². The molecule has 0 bridgehead atoms. The van der Waals surface area contributed by atoms with Crippen molar-refractivity contribution in [3.8, 4) is 5.75 Å². The van der Waals surface area contributed by atoms with Gasteiger partial charge in [0.15, 0.2) is 0 Å². The lowest BCUT2D eigenvalue weighted by Gasteiger charge is -2.09. The summed E-state index contributed by atoms with van der Waals surface area (Å²) in [6.07, 6.45) is 0.712. The molecule has 1 atom stereocenters. The zero-order valence-electron chi connectivity index (χ0n) is 10.1. The van der Waals surface area contributed by atoms with Crippen LogP contribution in [0, 0.1) is 0 Å². The van der Waals surface area contributed by atoms with Crippen LogP contribution in [0.4, 0.5) is 0 Å². The van der Waals surface area contributed by atoms with E-state index in [4.69, 9.17) is 9.84 Å². The third-order valence-corrected chi connectivity index (χ3v) is 2.14. The average molecular weight is 223 g/mol. The molecule has 16 heavy (non-hydrogen) atoms. The maximum Gasteiger partial charge on any atom is 0.119 e. The second kappa shape index (κ2) is 7.25. The first-order valence-corrected chi connectivity index (χ1v) is 5.83. The number of aliphatic hydroxyl groups excluding tert-OH is 1. The highest BCUT2D eigenvalue weighted by Gasteiger charge is 1.98. The maximum absolute atomic E-state index is 9.11. The Kier molecular flexibility index (Phi) is 5.90. The summed E-state index contributed by atoms with van der Waals surface area (Å²) in [5, 5.41) is 12.3. The lowest BCUT2D eigenvalue weighted by Crippen LogP contribution is -2.23. The molecule has 0 aliphatic rings. The van der Waals surface area contributed by atoms with Crippen molar-refractivity contribution in [2.75, 3.05) is 13.2 Å². The second-order valence-corrected chi connectivity index (χ2v) is 3.98. The van der Waals surface area contributed by atoms with E-state index in [0.29, 0.717) is 6.54 Å². The zero-order valence-corrected chi connectivity index (χ0v) is 10.1. The Balaban J connectivity index is 2.40. The number of aliphatic hydroxyl groups is 1. The third kappa shape index (κ3) is 5.14. The molecule has 0 aromatic heterocycles. The Morgan fingerprint density at radius 3 is 2.94 bits per heavy atom. The summed E-state index contributed by atoms with van der Waals surface area (Å²) in [7, 11) is 0. The third-order valence-electron chi connectivity index (χ3n) is 2.14. The fourth-order valence-electron chi connectivity index (χ4n) is 1.39. The molecule has 0 fully saturated rings. The molecule has 3 heteroatoms. The second-order valence-electron chi connectivity index (χ2n) is 3.98. The first-order valence-electron chi connectivity index (χ1n) is 5.83. The van der Waals surface area contributed by atoms with Gasteiger partial charge in [-0.05, 0) is 31.0 Å². The smallest absolute Gasteiger partial charge is 0.119 e. The molecular formula is C13H21NO2. The molecular weight excluding hydrogens is 202 g/mol. The van der Waals surface area contributed by atoms with E-state index in [2.05, 4.69) is 12.2 Å². The Hall–Kier alpha value is -1.06. The van der Waals surface area contributed by atoms with Crippen LogP contribution in [0.2, 0.25) is 0 Å². The minimum absolute atomic E-state index is 0.306. The van der Waals surface area contributed by atoms with Crippen LogP contribution in [0.5, 0.6) is 5.75 Å². The summed E-state index contributed by atoms with van der Waals surface area (Å²) >= 11 is 0. The molecule has 0 spiro atoms. The molecule has 1 aromatic carbocycles. The number of benzene rings is 1. The van der Waals surface area contributed by atoms with Crippen LogP contribution in [0.25, 0.3) is 0 Å². The van der Waals surface area contributed by atoms with Crippen LogP contribution in [-0.4, -0.2) is 24.4 Å². The largest absolute Gasteiger partial charge is 0.494 e.